The summed E-state index contributed by atoms with van der Waals surface area (Å²) < 4.78 is 1.10. The SMILES string of the molecule is CC.CNc1ncc2ccc(=O)n(CC(=O)O)c2n1. The summed E-state index contributed by atoms with van der Waals surface area (Å²) in [6.45, 7) is 3.58. The average Bonchev–Trinajstić information content (AvgIpc) is 2.43. The van der Waals surface area contributed by atoms with Gasteiger partial charge in [-0.2, -0.15) is 4.98 Å². The van der Waals surface area contributed by atoms with E-state index in [0.717, 1.165) is 4.57 Å². The molecule has 0 amide bonds. The van der Waals surface area contributed by atoms with E-state index in [1.807, 2.05) is 13.8 Å². The molecule has 0 bridgehead atoms. The van der Waals surface area contributed by atoms with Gasteiger partial charge in [-0.3, -0.25) is 14.2 Å². The zero-order chi connectivity index (χ0) is 14.4. The van der Waals surface area contributed by atoms with Crippen molar-refractivity contribution >= 4 is 23.0 Å². The Hall–Kier alpha value is -2.44. The molecule has 0 fully saturated rings. The highest BCUT2D eigenvalue weighted by molar-refractivity contribution is 5.77. The second kappa shape index (κ2) is 6.48. The van der Waals surface area contributed by atoms with E-state index >= 15 is 0 Å². The minimum atomic E-state index is -1.09. The van der Waals surface area contributed by atoms with Gasteiger partial charge in [0.1, 0.15) is 12.2 Å². The van der Waals surface area contributed by atoms with Crippen molar-refractivity contribution in [3.63, 3.8) is 0 Å². The Morgan fingerprint density at radius 3 is 2.68 bits per heavy atom. The van der Waals surface area contributed by atoms with Crippen LogP contribution >= 0.6 is 0 Å². The van der Waals surface area contributed by atoms with E-state index in [-0.39, 0.29) is 0 Å². The van der Waals surface area contributed by atoms with Crippen LogP contribution in [0.15, 0.2) is 23.1 Å². The van der Waals surface area contributed by atoms with E-state index in [9.17, 15) is 9.59 Å². The highest BCUT2D eigenvalue weighted by atomic mass is 16.4. The van der Waals surface area contributed by atoms with Crippen LogP contribution in [0.2, 0.25) is 0 Å². The molecule has 2 N–H and O–H groups in total. The molecular formula is C12H16N4O3. The number of aromatic nitrogens is 3. The first kappa shape index (κ1) is 14.6. The summed E-state index contributed by atoms with van der Waals surface area (Å²) in [7, 11) is 1.64. The van der Waals surface area contributed by atoms with E-state index in [0.29, 0.717) is 17.0 Å². The Morgan fingerprint density at radius 2 is 2.11 bits per heavy atom. The van der Waals surface area contributed by atoms with Crippen LogP contribution in [-0.2, 0) is 11.3 Å². The zero-order valence-corrected chi connectivity index (χ0v) is 11.0. The minimum absolute atomic E-state index is 0.305. The summed E-state index contributed by atoms with van der Waals surface area (Å²) in [5.74, 6) is -0.758. The van der Waals surface area contributed by atoms with Gasteiger partial charge in [0.05, 0.1) is 0 Å². The van der Waals surface area contributed by atoms with Crippen molar-refractivity contribution in [2.75, 3.05) is 12.4 Å². The predicted octanol–water partition coefficient (Wildman–Crippen LogP) is 0.944. The van der Waals surface area contributed by atoms with Crippen LogP contribution < -0.4 is 10.9 Å². The smallest absolute Gasteiger partial charge is 0.323 e. The second-order valence-electron chi connectivity index (χ2n) is 3.37. The number of carboxylic acid groups (broad SMARTS) is 1. The lowest BCUT2D eigenvalue weighted by Crippen LogP contribution is -2.24. The number of fused-ring (bicyclic) bond motifs is 1. The molecule has 2 rings (SSSR count). The van der Waals surface area contributed by atoms with Crippen molar-refractivity contribution in [1.82, 2.24) is 14.5 Å². The van der Waals surface area contributed by atoms with E-state index < -0.39 is 18.1 Å². The predicted molar refractivity (Wildman–Crippen MR) is 72.3 cm³/mol. The molecular weight excluding hydrogens is 248 g/mol. The molecule has 0 aliphatic heterocycles. The van der Waals surface area contributed by atoms with Gasteiger partial charge in [-0.05, 0) is 6.07 Å². The van der Waals surface area contributed by atoms with Gasteiger partial charge in [-0.1, -0.05) is 13.8 Å². The molecule has 2 aromatic rings. The third-order valence-electron chi connectivity index (χ3n) is 2.24. The molecule has 0 unspecified atom stereocenters. The Balaban J connectivity index is 0.000000861. The summed E-state index contributed by atoms with van der Waals surface area (Å²) in [4.78, 5) is 30.4. The molecule has 0 atom stereocenters. The fourth-order valence-electron chi connectivity index (χ4n) is 1.48. The van der Waals surface area contributed by atoms with Gasteiger partial charge in [0, 0.05) is 24.7 Å². The van der Waals surface area contributed by atoms with Crippen molar-refractivity contribution in [3.05, 3.63) is 28.7 Å². The van der Waals surface area contributed by atoms with Gasteiger partial charge < -0.3 is 10.4 Å². The number of carboxylic acids is 1. The molecule has 7 nitrogen and oxygen atoms in total. The van der Waals surface area contributed by atoms with Crippen LogP contribution in [0.5, 0.6) is 0 Å². The van der Waals surface area contributed by atoms with E-state index in [1.165, 1.54) is 12.3 Å². The molecule has 2 aromatic heterocycles. The fourth-order valence-corrected chi connectivity index (χ4v) is 1.48. The van der Waals surface area contributed by atoms with Crippen LogP contribution in [0.4, 0.5) is 5.95 Å². The normalized spacial score (nSPS) is 9.63. The van der Waals surface area contributed by atoms with Gasteiger partial charge in [0.25, 0.3) is 5.56 Å². The molecule has 0 radical (unpaired) electrons. The number of carbonyl (C=O) groups is 1. The first-order valence-corrected chi connectivity index (χ1v) is 5.88. The summed E-state index contributed by atoms with van der Waals surface area (Å²) in [6, 6.07) is 2.86. The third kappa shape index (κ3) is 3.27. The average molecular weight is 264 g/mol. The molecule has 19 heavy (non-hydrogen) atoms. The van der Waals surface area contributed by atoms with Gasteiger partial charge in [0.2, 0.25) is 5.95 Å². The second-order valence-corrected chi connectivity index (χ2v) is 3.37. The van der Waals surface area contributed by atoms with E-state index in [1.54, 1.807) is 13.1 Å². The number of nitrogens with zero attached hydrogens (tertiary/aromatic N) is 3. The molecule has 2 heterocycles. The largest absolute Gasteiger partial charge is 0.480 e. The molecule has 0 spiro atoms. The third-order valence-corrected chi connectivity index (χ3v) is 2.24. The summed E-state index contributed by atoms with van der Waals surface area (Å²) in [5, 5.41) is 12.1. The van der Waals surface area contributed by atoms with Gasteiger partial charge in [-0.15, -0.1) is 0 Å². The number of anilines is 1. The maximum atomic E-state index is 11.6. The van der Waals surface area contributed by atoms with E-state index in [4.69, 9.17) is 5.11 Å². The number of rotatable bonds is 3. The van der Waals surface area contributed by atoms with Crippen LogP contribution in [0.1, 0.15) is 13.8 Å². The molecule has 102 valence electrons. The molecule has 0 saturated carbocycles. The van der Waals surface area contributed by atoms with Crippen LogP contribution in [0.3, 0.4) is 0 Å². The summed E-state index contributed by atoms with van der Waals surface area (Å²) in [5.41, 5.74) is -0.0973. The lowest BCUT2D eigenvalue weighted by Gasteiger charge is -2.07. The number of aliphatic carboxylic acids is 1. The Labute approximate surface area is 109 Å². The first-order valence-electron chi connectivity index (χ1n) is 5.88. The van der Waals surface area contributed by atoms with Gasteiger partial charge in [-0.25, -0.2) is 4.98 Å². The van der Waals surface area contributed by atoms with Crippen molar-refractivity contribution in [1.29, 1.82) is 0 Å². The quantitative estimate of drug-likeness (QED) is 0.856. The first-order chi connectivity index (χ1) is 9.11. The number of pyridine rings is 1. The van der Waals surface area contributed by atoms with Crippen molar-refractivity contribution in [2.45, 2.75) is 20.4 Å². The molecule has 0 aromatic carbocycles. The molecule has 0 aliphatic carbocycles. The summed E-state index contributed by atoms with van der Waals surface area (Å²) >= 11 is 0. The lowest BCUT2D eigenvalue weighted by molar-refractivity contribution is -0.137. The lowest BCUT2D eigenvalue weighted by atomic mass is 10.3. The zero-order valence-electron chi connectivity index (χ0n) is 11.0. The van der Waals surface area contributed by atoms with Crippen molar-refractivity contribution in [3.8, 4) is 0 Å². The molecule has 7 heteroatoms. The standard InChI is InChI=1S/C10H10N4O3.C2H6/c1-11-10-12-4-6-2-3-7(15)14(5-8(16)17)9(6)13-10;1-2/h2-4H,5H2,1H3,(H,16,17)(H,11,12,13);1-2H3. The Morgan fingerprint density at radius 1 is 1.42 bits per heavy atom. The number of nitrogens with one attached hydrogen (secondary N) is 1. The van der Waals surface area contributed by atoms with Gasteiger partial charge in [0.15, 0.2) is 0 Å². The van der Waals surface area contributed by atoms with Crippen LogP contribution in [0, 0.1) is 0 Å². The molecule has 0 aliphatic rings. The maximum Gasteiger partial charge on any atom is 0.323 e. The highest BCUT2D eigenvalue weighted by Crippen LogP contribution is 2.10. The van der Waals surface area contributed by atoms with Crippen molar-refractivity contribution in [2.24, 2.45) is 0 Å². The minimum Gasteiger partial charge on any atom is -0.480 e. The maximum absolute atomic E-state index is 11.6. The highest BCUT2D eigenvalue weighted by Gasteiger charge is 2.08. The number of hydrogen-bond acceptors (Lipinski definition) is 5. The Kier molecular flexibility index (Phi) is 4.99. The van der Waals surface area contributed by atoms with Gasteiger partial charge >= 0.3 is 5.97 Å². The Bertz CT molecular complexity index is 636. The summed E-state index contributed by atoms with van der Waals surface area (Å²) in [6.07, 6.45) is 1.53. The van der Waals surface area contributed by atoms with E-state index in [2.05, 4.69) is 15.3 Å². The number of hydrogen-bond donors (Lipinski definition) is 2. The topological polar surface area (TPSA) is 97.1 Å². The monoisotopic (exact) mass is 264 g/mol. The van der Waals surface area contributed by atoms with Crippen molar-refractivity contribution < 1.29 is 9.90 Å². The van der Waals surface area contributed by atoms with Crippen LogP contribution in [0.25, 0.3) is 11.0 Å². The fraction of sp³-hybridized carbons (Fsp3) is 0.333. The van der Waals surface area contributed by atoms with Crippen LogP contribution in [-0.4, -0.2) is 32.7 Å². The molecule has 0 saturated heterocycles.